The summed E-state index contributed by atoms with van der Waals surface area (Å²) in [4.78, 5) is 41.6. The number of ether oxygens (including phenoxy) is 1. The van der Waals surface area contributed by atoms with E-state index in [1.165, 1.54) is 42.1 Å². The van der Waals surface area contributed by atoms with Gasteiger partial charge in [-0.3, -0.25) is 9.59 Å². The number of aromatic hydroxyl groups is 1. The zero-order valence-electron chi connectivity index (χ0n) is 31.6. The number of amides is 2. The lowest BCUT2D eigenvalue weighted by molar-refractivity contribution is -0.142. The van der Waals surface area contributed by atoms with E-state index >= 15 is 0 Å². The number of anilines is 2. The third kappa shape index (κ3) is 11.9. The van der Waals surface area contributed by atoms with Crippen LogP contribution in [-0.2, 0) is 34.1 Å². The third-order valence-electron chi connectivity index (χ3n) is 9.59. The first-order chi connectivity index (χ1) is 26.0. The molecule has 1 aliphatic rings. The largest absolute Gasteiger partial charge is 0.508 e. The van der Waals surface area contributed by atoms with Gasteiger partial charge in [-0.25, -0.2) is 21.6 Å². The number of phenols is 1. The Labute approximate surface area is 328 Å². The number of hydrogen-bond donors (Lipinski definition) is 4. The Balaban J connectivity index is 1.67. The van der Waals surface area contributed by atoms with Crippen molar-refractivity contribution >= 4 is 60.6 Å². The SMILES string of the molecule is CCCCC1(CCCC)CN(c2ccccc2)c2cc(SC)c(OCC(=O)NC(C(=O)NC(CCS(C)(=O)=O)C(=O)O)c3ccc(O)cc3)cc2S(=O)(=O)C1. The minimum absolute atomic E-state index is 0.0418. The lowest BCUT2D eigenvalue weighted by Crippen LogP contribution is -2.48. The first-order valence-corrected chi connectivity index (χ1v) is 23.1. The van der Waals surface area contributed by atoms with Gasteiger partial charge in [0, 0.05) is 30.0 Å². The summed E-state index contributed by atoms with van der Waals surface area (Å²) in [6.45, 7) is 4.07. The Kier molecular flexibility index (Phi) is 15.0. The highest BCUT2D eigenvalue weighted by molar-refractivity contribution is 7.98. The lowest BCUT2D eigenvalue weighted by Gasteiger charge is -2.37. The van der Waals surface area contributed by atoms with E-state index in [1.807, 2.05) is 36.6 Å². The maximum Gasteiger partial charge on any atom is 0.326 e. The lowest BCUT2D eigenvalue weighted by atomic mass is 9.79. The topological polar surface area (TPSA) is 196 Å². The fourth-order valence-corrected chi connectivity index (χ4v) is 10.1. The van der Waals surface area contributed by atoms with Gasteiger partial charge >= 0.3 is 5.97 Å². The molecule has 0 saturated heterocycles. The van der Waals surface area contributed by atoms with Crippen LogP contribution in [0.5, 0.6) is 11.5 Å². The van der Waals surface area contributed by atoms with Crippen molar-refractivity contribution in [3.63, 3.8) is 0 Å². The molecule has 0 bridgehead atoms. The maximum absolute atomic E-state index is 14.4. The molecule has 3 aromatic carbocycles. The number of fused-ring (bicyclic) bond motifs is 1. The number of hydrogen-bond acceptors (Lipinski definition) is 11. The summed E-state index contributed by atoms with van der Waals surface area (Å²) < 4.78 is 58.2. The minimum Gasteiger partial charge on any atom is -0.508 e. The summed E-state index contributed by atoms with van der Waals surface area (Å²) in [5, 5.41) is 24.3. The first kappa shape index (κ1) is 43.4. The average Bonchev–Trinajstić information content (AvgIpc) is 3.24. The third-order valence-corrected chi connectivity index (χ3v) is 13.3. The van der Waals surface area contributed by atoms with E-state index in [1.54, 1.807) is 6.07 Å². The van der Waals surface area contributed by atoms with E-state index in [4.69, 9.17) is 4.74 Å². The first-order valence-electron chi connectivity index (χ1n) is 18.2. The number of carbonyl (C=O) groups excluding carboxylic acids is 2. The monoisotopic (exact) mass is 817 g/mol. The maximum atomic E-state index is 14.4. The zero-order valence-corrected chi connectivity index (χ0v) is 34.1. The van der Waals surface area contributed by atoms with Crippen LogP contribution in [0.4, 0.5) is 11.4 Å². The zero-order chi connectivity index (χ0) is 40.4. The second-order valence-corrected chi connectivity index (χ2v) is 19.1. The number of nitrogens with one attached hydrogen (secondary N) is 2. The van der Waals surface area contributed by atoms with Crippen LogP contribution in [0, 0.1) is 5.41 Å². The molecule has 4 N–H and O–H groups in total. The number of carboxylic acid groups (broad SMARTS) is 1. The molecule has 1 aliphatic heterocycles. The molecule has 1 heterocycles. The Morgan fingerprint density at radius 1 is 0.982 bits per heavy atom. The quantitative estimate of drug-likeness (QED) is 0.109. The molecule has 55 heavy (non-hydrogen) atoms. The van der Waals surface area contributed by atoms with Crippen molar-refractivity contribution in [2.24, 2.45) is 5.41 Å². The van der Waals surface area contributed by atoms with Crippen LogP contribution in [0.1, 0.15) is 70.4 Å². The van der Waals surface area contributed by atoms with Crippen molar-refractivity contribution in [1.82, 2.24) is 10.6 Å². The molecule has 2 atom stereocenters. The highest BCUT2D eigenvalue weighted by Crippen LogP contribution is 2.47. The molecule has 16 heteroatoms. The van der Waals surface area contributed by atoms with Gasteiger partial charge in [-0.15, -0.1) is 11.8 Å². The van der Waals surface area contributed by atoms with E-state index in [0.29, 0.717) is 17.1 Å². The van der Waals surface area contributed by atoms with E-state index in [-0.39, 0.29) is 27.7 Å². The predicted molar refractivity (Wildman–Crippen MR) is 214 cm³/mol. The van der Waals surface area contributed by atoms with Crippen molar-refractivity contribution in [2.45, 2.75) is 80.7 Å². The molecule has 300 valence electrons. The number of benzene rings is 3. The predicted octanol–water partition coefficient (Wildman–Crippen LogP) is 5.65. The highest BCUT2D eigenvalue weighted by Gasteiger charge is 2.42. The van der Waals surface area contributed by atoms with Gasteiger partial charge in [0.25, 0.3) is 5.91 Å². The van der Waals surface area contributed by atoms with E-state index in [2.05, 4.69) is 29.4 Å². The second kappa shape index (κ2) is 19.0. The van der Waals surface area contributed by atoms with Crippen LogP contribution in [0.25, 0.3) is 0 Å². The van der Waals surface area contributed by atoms with Crippen molar-refractivity contribution in [1.29, 1.82) is 0 Å². The van der Waals surface area contributed by atoms with E-state index < -0.39 is 73.7 Å². The average molecular weight is 818 g/mol. The van der Waals surface area contributed by atoms with Gasteiger partial charge in [0.1, 0.15) is 33.4 Å². The summed E-state index contributed by atoms with van der Waals surface area (Å²) >= 11 is 1.32. The smallest absolute Gasteiger partial charge is 0.326 e. The molecule has 4 rings (SSSR count). The highest BCUT2D eigenvalue weighted by atomic mass is 32.2. The van der Waals surface area contributed by atoms with Gasteiger partial charge in [0.05, 0.1) is 27.0 Å². The van der Waals surface area contributed by atoms with Crippen molar-refractivity contribution < 1.29 is 46.2 Å². The van der Waals surface area contributed by atoms with Crippen LogP contribution < -0.4 is 20.3 Å². The molecule has 0 fully saturated rings. The van der Waals surface area contributed by atoms with Gasteiger partial charge in [-0.1, -0.05) is 69.9 Å². The number of carbonyl (C=O) groups is 3. The van der Waals surface area contributed by atoms with Crippen molar-refractivity contribution in [3.05, 3.63) is 72.3 Å². The standard InChI is InChI=1S/C39H51N3O10S3/c1-5-7-19-39(20-8-6-2)25-42(28-12-10-9-11-13-28)31-22-33(53-3)32(23-34(31)55(50,51)26-39)52-24-35(44)41-36(27-14-16-29(43)17-15-27)37(45)40-30(38(46)47)18-21-54(4,48)49/h9-17,22-23,30,36,43H,5-8,18-21,24-26H2,1-4H3,(H,40,45)(H,41,44)(H,46,47). The Morgan fingerprint density at radius 3 is 2.18 bits per heavy atom. The number of thioether (sulfide) groups is 1. The Hall–Kier alpha value is -4.28. The van der Waals surface area contributed by atoms with Crippen LogP contribution in [0.15, 0.2) is 76.5 Å². The molecule has 2 unspecified atom stereocenters. The number of nitrogens with zero attached hydrogens (tertiary/aromatic N) is 1. The van der Waals surface area contributed by atoms with E-state index in [9.17, 15) is 41.4 Å². The van der Waals surface area contributed by atoms with Crippen molar-refractivity contribution in [3.8, 4) is 11.5 Å². The molecule has 0 radical (unpaired) electrons. The molecular formula is C39H51N3O10S3. The number of unbranched alkanes of at least 4 members (excludes halogenated alkanes) is 2. The molecule has 0 aromatic heterocycles. The Bertz CT molecular complexity index is 2020. The normalized spacial score (nSPS) is 15.9. The van der Waals surface area contributed by atoms with Crippen LogP contribution in [0.3, 0.4) is 0 Å². The number of aliphatic carboxylic acids is 1. The van der Waals surface area contributed by atoms with Gasteiger partial charge < -0.3 is 30.5 Å². The number of phenolic OH excluding ortho intramolecular Hbond substituents is 1. The molecule has 2 amide bonds. The van der Waals surface area contributed by atoms with Crippen LogP contribution in [0.2, 0.25) is 0 Å². The fourth-order valence-electron chi connectivity index (χ4n) is 6.74. The van der Waals surface area contributed by atoms with Gasteiger partial charge in [0.2, 0.25) is 5.91 Å². The van der Waals surface area contributed by atoms with Crippen LogP contribution in [-0.4, -0.2) is 88.0 Å². The molecule has 0 saturated carbocycles. The Morgan fingerprint density at radius 2 is 1.62 bits per heavy atom. The molecule has 0 spiro atoms. The second-order valence-electron chi connectivity index (χ2n) is 14.1. The van der Waals surface area contributed by atoms with Crippen molar-refractivity contribution in [2.75, 3.05) is 42.1 Å². The van der Waals surface area contributed by atoms with E-state index in [0.717, 1.165) is 50.5 Å². The number of para-hydroxylation sites is 1. The molecular weight excluding hydrogens is 767 g/mol. The summed E-state index contributed by atoms with van der Waals surface area (Å²) in [6, 6.07) is 15.2. The fraction of sp³-hybridized carbons (Fsp3) is 0.462. The molecule has 3 aromatic rings. The van der Waals surface area contributed by atoms with Gasteiger partial charge in [-0.2, -0.15) is 0 Å². The number of sulfone groups is 2. The molecule has 0 aliphatic carbocycles. The van der Waals surface area contributed by atoms with Crippen LogP contribution >= 0.6 is 11.8 Å². The number of rotatable bonds is 19. The summed E-state index contributed by atoms with van der Waals surface area (Å²) in [5.41, 5.74) is 1.08. The van der Waals surface area contributed by atoms with Gasteiger partial charge in [0.15, 0.2) is 16.4 Å². The summed E-state index contributed by atoms with van der Waals surface area (Å²) in [7, 11) is -7.41. The minimum atomic E-state index is -3.87. The summed E-state index contributed by atoms with van der Waals surface area (Å²) in [5.74, 6) is -3.68. The van der Waals surface area contributed by atoms with Gasteiger partial charge in [-0.05, 0) is 61.4 Å². The molecule has 13 nitrogen and oxygen atoms in total. The summed E-state index contributed by atoms with van der Waals surface area (Å²) in [6.07, 6.45) is 7.49. The number of carboxylic acids is 1.